The second-order valence-corrected chi connectivity index (χ2v) is 10.9. The van der Waals surface area contributed by atoms with Crippen LogP contribution < -0.4 is 10.1 Å². The van der Waals surface area contributed by atoms with Gasteiger partial charge >= 0.3 is 0 Å². The maximum atomic E-state index is 6.30. The first-order valence-corrected chi connectivity index (χ1v) is 13.4. The van der Waals surface area contributed by atoms with Crippen molar-refractivity contribution < 1.29 is 4.74 Å². The van der Waals surface area contributed by atoms with Gasteiger partial charge in [-0.25, -0.2) is 4.98 Å². The van der Waals surface area contributed by atoms with E-state index in [1.165, 1.54) is 10.3 Å². The maximum absolute atomic E-state index is 6.30. The van der Waals surface area contributed by atoms with E-state index in [1.807, 2.05) is 36.4 Å². The highest BCUT2D eigenvalue weighted by Crippen LogP contribution is 2.32. The van der Waals surface area contributed by atoms with Gasteiger partial charge in [0, 0.05) is 43.4 Å². The van der Waals surface area contributed by atoms with Crippen LogP contribution in [0.4, 0.5) is 5.69 Å². The maximum Gasteiger partial charge on any atom is 0.124 e. The van der Waals surface area contributed by atoms with Gasteiger partial charge in [0.25, 0.3) is 0 Å². The van der Waals surface area contributed by atoms with Crippen molar-refractivity contribution >= 4 is 66.4 Å². The summed E-state index contributed by atoms with van der Waals surface area (Å²) >= 11 is 17.9. The number of ether oxygens (including phenoxy) is 1. The average Bonchev–Trinajstić information content (AvgIpc) is 3.27. The average molecular weight is 584 g/mol. The molecule has 3 nitrogen and oxygen atoms in total. The normalized spacial score (nSPS) is 11.1. The number of hydrogen-bond acceptors (Lipinski definition) is 4. The highest BCUT2D eigenvalue weighted by atomic mass is 79.9. The Morgan fingerprint density at radius 3 is 2.49 bits per heavy atom. The van der Waals surface area contributed by atoms with E-state index in [1.54, 1.807) is 11.3 Å². The summed E-state index contributed by atoms with van der Waals surface area (Å²) in [5.74, 6) is 0.776. The smallest absolute Gasteiger partial charge is 0.124 e. The molecule has 7 heteroatoms. The first-order valence-electron chi connectivity index (χ1n) is 11.0. The van der Waals surface area contributed by atoms with Gasteiger partial charge in [0.15, 0.2) is 0 Å². The highest BCUT2D eigenvalue weighted by molar-refractivity contribution is 9.10. The van der Waals surface area contributed by atoms with Gasteiger partial charge in [0.2, 0.25) is 0 Å². The molecule has 0 aliphatic rings. The standard InChI is InChI=1S/C28H21BrCl2N2OS/c1-17-5-11-25-27(13-17)35-28(33-25)18-6-9-21(10-7-18)32-15-19-14-20(29)8-12-26(19)34-16-22-23(30)3-2-4-24(22)31/h2-14,32H,15-16H2,1H3. The summed E-state index contributed by atoms with van der Waals surface area (Å²) in [5.41, 5.74) is 6.21. The molecule has 0 aliphatic heterocycles. The van der Waals surface area contributed by atoms with E-state index in [0.29, 0.717) is 23.2 Å². The monoisotopic (exact) mass is 582 g/mol. The summed E-state index contributed by atoms with van der Waals surface area (Å²) in [6, 6.07) is 26.1. The molecule has 5 rings (SSSR count). The second-order valence-electron chi connectivity index (χ2n) is 8.16. The number of rotatable bonds is 7. The number of fused-ring (bicyclic) bond motifs is 1. The molecule has 0 saturated heterocycles. The molecule has 0 unspecified atom stereocenters. The Morgan fingerprint density at radius 1 is 0.943 bits per heavy atom. The van der Waals surface area contributed by atoms with Crippen molar-refractivity contribution in [1.82, 2.24) is 4.98 Å². The third-order valence-electron chi connectivity index (χ3n) is 5.61. The number of halogens is 3. The van der Waals surface area contributed by atoms with Crippen LogP contribution in [0.2, 0.25) is 10.0 Å². The van der Waals surface area contributed by atoms with Crippen LogP contribution in [0, 0.1) is 6.92 Å². The first kappa shape index (κ1) is 24.1. The van der Waals surface area contributed by atoms with E-state index in [9.17, 15) is 0 Å². The third kappa shape index (κ3) is 5.65. The Balaban J connectivity index is 1.29. The predicted molar refractivity (Wildman–Crippen MR) is 152 cm³/mol. The van der Waals surface area contributed by atoms with Crippen molar-refractivity contribution in [2.24, 2.45) is 0 Å². The molecule has 0 amide bonds. The lowest BCUT2D eigenvalue weighted by atomic mass is 10.1. The predicted octanol–water partition coefficient (Wildman–Crippen LogP) is 9.53. The van der Waals surface area contributed by atoms with E-state index in [4.69, 9.17) is 32.9 Å². The lowest BCUT2D eigenvalue weighted by molar-refractivity contribution is 0.303. The fraction of sp³-hybridized carbons (Fsp3) is 0.107. The number of nitrogens with one attached hydrogen (secondary N) is 1. The number of benzene rings is 4. The topological polar surface area (TPSA) is 34.2 Å². The number of hydrogen-bond donors (Lipinski definition) is 1. The molecule has 0 saturated carbocycles. The van der Waals surface area contributed by atoms with Crippen LogP contribution in [0.25, 0.3) is 20.8 Å². The zero-order valence-corrected chi connectivity index (χ0v) is 22.7. The number of anilines is 1. The number of nitrogens with zero attached hydrogens (tertiary/aromatic N) is 1. The first-order chi connectivity index (χ1) is 17.0. The molecule has 0 aliphatic carbocycles. The van der Waals surface area contributed by atoms with E-state index in [2.05, 4.69) is 70.6 Å². The quantitative estimate of drug-likeness (QED) is 0.207. The molecule has 0 atom stereocenters. The minimum atomic E-state index is 0.295. The minimum Gasteiger partial charge on any atom is -0.488 e. The molecule has 1 heterocycles. The molecule has 0 spiro atoms. The van der Waals surface area contributed by atoms with E-state index in [-0.39, 0.29) is 0 Å². The zero-order chi connectivity index (χ0) is 24.4. The number of aromatic nitrogens is 1. The molecule has 1 N–H and O–H groups in total. The van der Waals surface area contributed by atoms with Crippen LogP contribution in [0.15, 0.2) is 83.3 Å². The Kier molecular flexibility index (Phi) is 7.30. The molecule has 5 aromatic rings. The molecule has 0 radical (unpaired) electrons. The van der Waals surface area contributed by atoms with Crippen molar-refractivity contribution in [3.63, 3.8) is 0 Å². The van der Waals surface area contributed by atoms with Crippen molar-refractivity contribution in [2.45, 2.75) is 20.1 Å². The molecule has 0 bridgehead atoms. The van der Waals surface area contributed by atoms with Gasteiger partial charge in [-0.1, -0.05) is 51.3 Å². The molecular weight excluding hydrogens is 563 g/mol. The Hall–Kier alpha value is -2.57. The van der Waals surface area contributed by atoms with E-state index < -0.39 is 0 Å². The van der Waals surface area contributed by atoms with Gasteiger partial charge in [0.1, 0.15) is 17.4 Å². The minimum absolute atomic E-state index is 0.295. The lowest BCUT2D eigenvalue weighted by Gasteiger charge is -2.15. The van der Waals surface area contributed by atoms with Crippen LogP contribution in [0.3, 0.4) is 0 Å². The van der Waals surface area contributed by atoms with Crippen molar-refractivity contribution in [3.05, 3.63) is 110 Å². The van der Waals surface area contributed by atoms with Gasteiger partial charge in [-0.15, -0.1) is 11.3 Å². The van der Waals surface area contributed by atoms with Crippen molar-refractivity contribution in [2.75, 3.05) is 5.32 Å². The lowest BCUT2D eigenvalue weighted by Crippen LogP contribution is -2.04. The molecule has 0 fully saturated rings. The summed E-state index contributed by atoms with van der Waals surface area (Å²) in [5, 5.41) is 5.71. The fourth-order valence-electron chi connectivity index (χ4n) is 3.73. The molecular formula is C28H21BrCl2N2OS. The molecule has 176 valence electrons. The summed E-state index contributed by atoms with van der Waals surface area (Å²) < 4.78 is 8.30. The van der Waals surface area contributed by atoms with Crippen molar-refractivity contribution in [3.8, 4) is 16.3 Å². The van der Waals surface area contributed by atoms with E-state index >= 15 is 0 Å². The zero-order valence-electron chi connectivity index (χ0n) is 18.8. The van der Waals surface area contributed by atoms with Gasteiger partial charge in [0.05, 0.1) is 10.2 Å². The van der Waals surface area contributed by atoms with Gasteiger partial charge in [-0.05, 0) is 79.2 Å². The molecule has 1 aromatic heterocycles. The number of aryl methyl sites for hydroxylation is 1. The van der Waals surface area contributed by atoms with E-state index in [0.717, 1.165) is 43.1 Å². The van der Waals surface area contributed by atoms with Crippen LogP contribution in [0.1, 0.15) is 16.7 Å². The highest BCUT2D eigenvalue weighted by Gasteiger charge is 2.11. The van der Waals surface area contributed by atoms with Gasteiger partial charge in [-0.3, -0.25) is 0 Å². The second kappa shape index (κ2) is 10.6. The Bertz CT molecular complexity index is 1480. The Labute approximate surface area is 226 Å². The van der Waals surface area contributed by atoms with Crippen LogP contribution in [-0.4, -0.2) is 4.98 Å². The summed E-state index contributed by atoms with van der Waals surface area (Å²) in [6.07, 6.45) is 0. The number of thiazole rings is 1. The SMILES string of the molecule is Cc1ccc2nc(-c3ccc(NCc4cc(Br)ccc4OCc4c(Cl)cccc4Cl)cc3)sc2c1. The summed E-state index contributed by atoms with van der Waals surface area (Å²) in [6.45, 7) is 3.00. The van der Waals surface area contributed by atoms with Crippen LogP contribution in [0.5, 0.6) is 5.75 Å². The van der Waals surface area contributed by atoms with Gasteiger partial charge in [-0.2, -0.15) is 0 Å². The third-order valence-corrected chi connectivity index (χ3v) is 7.88. The molecule has 4 aromatic carbocycles. The van der Waals surface area contributed by atoms with Crippen LogP contribution in [-0.2, 0) is 13.2 Å². The fourth-order valence-corrected chi connectivity index (χ4v) is 5.71. The van der Waals surface area contributed by atoms with Gasteiger partial charge < -0.3 is 10.1 Å². The Morgan fingerprint density at radius 2 is 1.71 bits per heavy atom. The summed E-state index contributed by atoms with van der Waals surface area (Å²) in [7, 11) is 0. The van der Waals surface area contributed by atoms with Crippen molar-refractivity contribution in [1.29, 1.82) is 0 Å². The molecule has 35 heavy (non-hydrogen) atoms. The summed E-state index contributed by atoms with van der Waals surface area (Å²) in [4.78, 5) is 4.78. The van der Waals surface area contributed by atoms with Crippen LogP contribution >= 0.6 is 50.5 Å². The largest absolute Gasteiger partial charge is 0.488 e.